The third-order valence-corrected chi connectivity index (χ3v) is 2.43. The number of benzene rings is 1. The van der Waals surface area contributed by atoms with Gasteiger partial charge in [0.15, 0.2) is 0 Å². The molecule has 0 aliphatic rings. The minimum atomic E-state index is -1.24. The summed E-state index contributed by atoms with van der Waals surface area (Å²) in [6, 6.07) is 3.99. The molecule has 0 heterocycles. The Morgan fingerprint density at radius 2 is 1.58 bits per heavy atom. The Morgan fingerprint density at radius 3 is 2.11 bits per heavy atom. The smallest absolute Gasteiger partial charge is 0.336 e. The van der Waals surface area contributed by atoms with Gasteiger partial charge in [0.05, 0.1) is 11.1 Å². The van der Waals surface area contributed by atoms with E-state index in [1.807, 2.05) is 0 Å². The van der Waals surface area contributed by atoms with Crippen LogP contribution in [0.5, 0.6) is 0 Å². The van der Waals surface area contributed by atoms with Crippen molar-refractivity contribution in [2.45, 2.75) is 13.8 Å². The van der Waals surface area contributed by atoms with Gasteiger partial charge in [0.25, 0.3) is 11.8 Å². The highest BCUT2D eigenvalue weighted by atomic mass is 16.4. The van der Waals surface area contributed by atoms with E-state index < -0.39 is 11.9 Å². The van der Waals surface area contributed by atoms with Crippen LogP contribution in [0.3, 0.4) is 0 Å². The van der Waals surface area contributed by atoms with Crippen LogP contribution < -0.4 is 10.6 Å². The first kappa shape index (κ1) is 14.7. The minimum Gasteiger partial charge on any atom is -0.478 e. The van der Waals surface area contributed by atoms with Crippen molar-refractivity contribution in [1.29, 1.82) is 0 Å². The number of hydrogen-bond acceptors (Lipinski definition) is 3. The summed E-state index contributed by atoms with van der Waals surface area (Å²) < 4.78 is 0. The number of carboxylic acids is 1. The highest BCUT2D eigenvalue weighted by Gasteiger charge is 2.18. The second-order valence-corrected chi connectivity index (χ2v) is 3.78. The Hall–Kier alpha value is -2.37. The average Bonchev–Trinajstić information content (AvgIpc) is 2.38. The molecule has 1 aromatic rings. The van der Waals surface area contributed by atoms with E-state index in [1.165, 1.54) is 18.2 Å². The number of amides is 2. The largest absolute Gasteiger partial charge is 0.478 e. The molecule has 0 radical (unpaired) electrons. The van der Waals surface area contributed by atoms with Gasteiger partial charge in [-0.05, 0) is 32.0 Å². The standard InChI is InChI=1S/C13H16N2O4/c1-3-14-11(16)8-5-6-9(12(17)15-4-2)10(7-8)13(18)19/h5-7H,3-4H2,1-2H3,(H,14,16)(H,15,17)(H,18,19). The number of carboxylic acid groups (broad SMARTS) is 1. The SMILES string of the molecule is CCNC(=O)c1ccc(C(=O)NCC)c(C(=O)O)c1. The van der Waals surface area contributed by atoms with E-state index in [2.05, 4.69) is 10.6 Å². The summed E-state index contributed by atoms with van der Waals surface area (Å²) in [5, 5.41) is 14.2. The van der Waals surface area contributed by atoms with Crippen LogP contribution in [-0.4, -0.2) is 36.0 Å². The molecule has 0 atom stereocenters. The fourth-order valence-corrected chi connectivity index (χ4v) is 1.58. The first-order valence-corrected chi connectivity index (χ1v) is 5.95. The molecular formula is C13H16N2O4. The molecule has 2 amide bonds. The Labute approximate surface area is 110 Å². The quantitative estimate of drug-likeness (QED) is 0.735. The zero-order valence-electron chi connectivity index (χ0n) is 10.8. The second-order valence-electron chi connectivity index (χ2n) is 3.78. The second kappa shape index (κ2) is 6.53. The van der Waals surface area contributed by atoms with Gasteiger partial charge in [0.1, 0.15) is 0 Å². The van der Waals surface area contributed by atoms with Crippen molar-refractivity contribution in [2.75, 3.05) is 13.1 Å². The highest BCUT2D eigenvalue weighted by molar-refractivity contribution is 6.07. The summed E-state index contributed by atoms with van der Waals surface area (Å²) in [7, 11) is 0. The molecule has 6 heteroatoms. The summed E-state index contributed by atoms with van der Waals surface area (Å²) in [5.41, 5.74) is 0.0735. The van der Waals surface area contributed by atoms with E-state index in [-0.39, 0.29) is 22.6 Å². The first-order chi connectivity index (χ1) is 9.01. The maximum Gasteiger partial charge on any atom is 0.336 e. The molecule has 0 saturated carbocycles. The summed E-state index contributed by atoms with van der Waals surface area (Å²) in [4.78, 5) is 34.5. The molecule has 102 valence electrons. The van der Waals surface area contributed by atoms with Crippen molar-refractivity contribution in [2.24, 2.45) is 0 Å². The molecule has 19 heavy (non-hydrogen) atoms. The number of nitrogens with one attached hydrogen (secondary N) is 2. The van der Waals surface area contributed by atoms with E-state index in [1.54, 1.807) is 13.8 Å². The normalized spacial score (nSPS) is 9.79. The van der Waals surface area contributed by atoms with Gasteiger partial charge >= 0.3 is 5.97 Å². The summed E-state index contributed by atoms with van der Waals surface area (Å²) in [6.07, 6.45) is 0. The maximum absolute atomic E-state index is 11.7. The van der Waals surface area contributed by atoms with Gasteiger partial charge in [-0.1, -0.05) is 0 Å². The van der Waals surface area contributed by atoms with Crippen LogP contribution in [-0.2, 0) is 0 Å². The minimum absolute atomic E-state index is 0.0439. The highest BCUT2D eigenvalue weighted by Crippen LogP contribution is 2.13. The topological polar surface area (TPSA) is 95.5 Å². The molecule has 0 bridgehead atoms. The molecule has 0 aromatic heterocycles. The van der Waals surface area contributed by atoms with Crippen molar-refractivity contribution in [3.8, 4) is 0 Å². The number of rotatable bonds is 5. The third-order valence-electron chi connectivity index (χ3n) is 2.43. The van der Waals surface area contributed by atoms with Crippen LogP contribution in [0.2, 0.25) is 0 Å². The first-order valence-electron chi connectivity index (χ1n) is 5.95. The molecule has 0 fully saturated rings. The van der Waals surface area contributed by atoms with E-state index >= 15 is 0 Å². The number of hydrogen-bond donors (Lipinski definition) is 3. The number of aromatic carboxylic acids is 1. The van der Waals surface area contributed by atoms with Crippen LogP contribution in [0, 0.1) is 0 Å². The predicted molar refractivity (Wildman–Crippen MR) is 69.4 cm³/mol. The van der Waals surface area contributed by atoms with Gasteiger partial charge in [-0.15, -0.1) is 0 Å². The average molecular weight is 264 g/mol. The van der Waals surface area contributed by atoms with Gasteiger partial charge in [-0.2, -0.15) is 0 Å². The Balaban J connectivity index is 3.18. The zero-order valence-corrected chi connectivity index (χ0v) is 10.8. The van der Waals surface area contributed by atoms with Crippen LogP contribution in [0.1, 0.15) is 44.9 Å². The fraction of sp³-hybridized carbons (Fsp3) is 0.308. The van der Waals surface area contributed by atoms with Crippen molar-refractivity contribution < 1.29 is 19.5 Å². The van der Waals surface area contributed by atoms with Gasteiger partial charge in [-0.3, -0.25) is 9.59 Å². The van der Waals surface area contributed by atoms with E-state index in [0.29, 0.717) is 13.1 Å². The van der Waals surface area contributed by atoms with Crippen molar-refractivity contribution in [3.63, 3.8) is 0 Å². The van der Waals surface area contributed by atoms with E-state index in [0.717, 1.165) is 0 Å². The van der Waals surface area contributed by atoms with E-state index in [4.69, 9.17) is 5.11 Å². The molecule has 0 aliphatic carbocycles. The third kappa shape index (κ3) is 3.54. The summed E-state index contributed by atoms with van der Waals surface area (Å²) in [6.45, 7) is 4.34. The number of carbonyl (C=O) groups is 3. The lowest BCUT2D eigenvalue weighted by molar-refractivity contribution is 0.0691. The Bertz CT molecular complexity index is 511. The van der Waals surface area contributed by atoms with Gasteiger partial charge in [0.2, 0.25) is 0 Å². The molecular weight excluding hydrogens is 248 g/mol. The Kier molecular flexibility index (Phi) is 5.05. The van der Waals surface area contributed by atoms with Gasteiger partial charge in [-0.25, -0.2) is 4.79 Å². The van der Waals surface area contributed by atoms with Crippen molar-refractivity contribution in [3.05, 3.63) is 34.9 Å². The lowest BCUT2D eigenvalue weighted by Gasteiger charge is -2.08. The summed E-state index contributed by atoms with van der Waals surface area (Å²) in [5.74, 6) is -2.08. The molecule has 0 aliphatic heterocycles. The number of carbonyl (C=O) groups excluding carboxylic acids is 2. The van der Waals surface area contributed by atoms with Crippen LogP contribution in [0.25, 0.3) is 0 Å². The van der Waals surface area contributed by atoms with Crippen molar-refractivity contribution in [1.82, 2.24) is 10.6 Å². The lowest BCUT2D eigenvalue weighted by atomic mass is 10.0. The van der Waals surface area contributed by atoms with Crippen LogP contribution >= 0.6 is 0 Å². The molecule has 3 N–H and O–H groups in total. The monoisotopic (exact) mass is 264 g/mol. The molecule has 1 aromatic carbocycles. The molecule has 0 saturated heterocycles. The van der Waals surface area contributed by atoms with Crippen LogP contribution in [0.15, 0.2) is 18.2 Å². The van der Waals surface area contributed by atoms with Gasteiger partial charge in [0, 0.05) is 18.7 Å². The molecule has 1 rings (SSSR count). The van der Waals surface area contributed by atoms with E-state index in [9.17, 15) is 14.4 Å². The lowest BCUT2D eigenvalue weighted by Crippen LogP contribution is -2.26. The van der Waals surface area contributed by atoms with Crippen LogP contribution in [0.4, 0.5) is 0 Å². The maximum atomic E-state index is 11.7. The van der Waals surface area contributed by atoms with Crippen molar-refractivity contribution >= 4 is 17.8 Å². The fourth-order valence-electron chi connectivity index (χ4n) is 1.58. The van der Waals surface area contributed by atoms with Gasteiger partial charge < -0.3 is 15.7 Å². The Morgan fingerprint density at radius 1 is 1.00 bits per heavy atom. The summed E-state index contributed by atoms with van der Waals surface area (Å²) >= 11 is 0. The molecule has 0 unspecified atom stereocenters. The predicted octanol–water partition coefficient (Wildman–Crippen LogP) is 0.884. The molecule has 0 spiro atoms. The zero-order chi connectivity index (χ0) is 14.4. The molecule has 6 nitrogen and oxygen atoms in total.